The maximum atomic E-state index is 13.2. The normalized spacial score (nSPS) is 13.9. The van der Waals surface area contributed by atoms with E-state index in [4.69, 9.17) is 5.11 Å². The van der Waals surface area contributed by atoms with E-state index in [1.54, 1.807) is 18.0 Å². The predicted molar refractivity (Wildman–Crippen MR) is 72.2 cm³/mol. The molecule has 1 aromatic carbocycles. The van der Waals surface area contributed by atoms with Crippen molar-refractivity contribution in [3.05, 3.63) is 30.1 Å². The van der Waals surface area contributed by atoms with Gasteiger partial charge in [-0.1, -0.05) is 6.07 Å². The SMILES string of the molecule is CN(C(=O)N(CCC(=O)O)C1CC1)c1cccc(F)c1. The number of carbonyl (C=O) groups excluding carboxylic acids is 1. The van der Waals surface area contributed by atoms with Gasteiger partial charge < -0.3 is 10.0 Å². The van der Waals surface area contributed by atoms with Crippen LogP contribution in [0.4, 0.5) is 14.9 Å². The van der Waals surface area contributed by atoms with Crippen molar-refractivity contribution in [3.8, 4) is 0 Å². The minimum Gasteiger partial charge on any atom is -0.481 e. The summed E-state index contributed by atoms with van der Waals surface area (Å²) in [5, 5.41) is 8.74. The highest BCUT2D eigenvalue weighted by Gasteiger charge is 2.34. The summed E-state index contributed by atoms with van der Waals surface area (Å²) in [4.78, 5) is 25.9. The smallest absolute Gasteiger partial charge is 0.324 e. The molecule has 0 unspecified atom stereocenters. The van der Waals surface area contributed by atoms with Gasteiger partial charge in [0, 0.05) is 25.3 Å². The maximum Gasteiger partial charge on any atom is 0.324 e. The van der Waals surface area contributed by atoms with Crippen molar-refractivity contribution in [2.24, 2.45) is 0 Å². The lowest BCUT2D eigenvalue weighted by molar-refractivity contribution is -0.137. The maximum absolute atomic E-state index is 13.2. The lowest BCUT2D eigenvalue weighted by atomic mass is 10.3. The van der Waals surface area contributed by atoms with Gasteiger partial charge in [0.15, 0.2) is 0 Å². The molecule has 2 rings (SSSR count). The summed E-state index contributed by atoms with van der Waals surface area (Å²) in [5.41, 5.74) is 0.455. The first-order valence-corrected chi connectivity index (χ1v) is 6.50. The van der Waals surface area contributed by atoms with Gasteiger partial charge in [-0.2, -0.15) is 0 Å². The van der Waals surface area contributed by atoms with E-state index in [0.717, 1.165) is 12.8 Å². The van der Waals surface area contributed by atoms with Gasteiger partial charge in [0.05, 0.1) is 6.42 Å². The van der Waals surface area contributed by atoms with Crippen molar-refractivity contribution in [2.75, 3.05) is 18.5 Å². The summed E-state index contributed by atoms with van der Waals surface area (Å²) in [6.45, 7) is 0.179. The summed E-state index contributed by atoms with van der Waals surface area (Å²) in [5.74, 6) is -1.34. The molecule has 0 atom stereocenters. The molecule has 0 aromatic heterocycles. The number of halogens is 1. The number of aliphatic carboxylic acids is 1. The second kappa shape index (κ2) is 5.90. The van der Waals surface area contributed by atoms with Gasteiger partial charge in [-0.15, -0.1) is 0 Å². The number of rotatable bonds is 5. The molecule has 1 saturated carbocycles. The number of carboxylic acid groups (broad SMARTS) is 1. The number of urea groups is 1. The molecule has 0 heterocycles. The zero-order valence-electron chi connectivity index (χ0n) is 11.3. The Kier molecular flexibility index (Phi) is 4.22. The van der Waals surface area contributed by atoms with Crippen molar-refractivity contribution in [1.29, 1.82) is 0 Å². The molecule has 108 valence electrons. The molecule has 2 amide bonds. The van der Waals surface area contributed by atoms with Crippen LogP contribution in [0.25, 0.3) is 0 Å². The summed E-state index contributed by atoms with van der Waals surface area (Å²) < 4.78 is 13.2. The molecular weight excluding hydrogens is 263 g/mol. The molecule has 6 heteroatoms. The molecule has 0 aliphatic heterocycles. The molecule has 20 heavy (non-hydrogen) atoms. The highest BCUT2D eigenvalue weighted by atomic mass is 19.1. The summed E-state index contributed by atoms with van der Waals surface area (Å²) in [6, 6.07) is 5.58. The van der Waals surface area contributed by atoms with Crippen LogP contribution in [0, 0.1) is 5.82 Å². The number of hydrogen-bond donors (Lipinski definition) is 1. The number of benzene rings is 1. The monoisotopic (exact) mass is 280 g/mol. The van der Waals surface area contributed by atoms with E-state index in [9.17, 15) is 14.0 Å². The molecule has 1 aliphatic rings. The molecule has 0 bridgehead atoms. The lowest BCUT2D eigenvalue weighted by Crippen LogP contribution is -2.43. The third-order valence-corrected chi connectivity index (χ3v) is 3.28. The van der Waals surface area contributed by atoms with Gasteiger partial charge in [0.2, 0.25) is 0 Å². The third-order valence-electron chi connectivity index (χ3n) is 3.28. The molecular formula is C14H17FN2O3. The van der Waals surface area contributed by atoms with Gasteiger partial charge in [0.25, 0.3) is 0 Å². The van der Waals surface area contributed by atoms with Crippen molar-refractivity contribution in [3.63, 3.8) is 0 Å². The fourth-order valence-corrected chi connectivity index (χ4v) is 2.02. The zero-order valence-corrected chi connectivity index (χ0v) is 11.3. The Morgan fingerprint density at radius 3 is 2.65 bits per heavy atom. The van der Waals surface area contributed by atoms with Crippen LogP contribution >= 0.6 is 0 Å². The van der Waals surface area contributed by atoms with Gasteiger partial charge in [-0.05, 0) is 31.0 Å². The Morgan fingerprint density at radius 1 is 1.40 bits per heavy atom. The number of nitrogens with zero attached hydrogens (tertiary/aromatic N) is 2. The van der Waals surface area contributed by atoms with Crippen molar-refractivity contribution >= 4 is 17.7 Å². The average molecular weight is 280 g/mol. The van der Waals surface area contributed by atoms with Crippen LogP contribution in [-0.4, -0.2) is 41.6 Å². The second-order valence-corrected chi connectivity index (χ2v) is 4.89. The van der Waals surface area contributed by atoms with E-state index in [1.165, 1.54) is 23.1 Å². The quantitative estimate of drug-likeness (QED) is 0.900. The van der Waals surface area contributed by atoms with Crippen LogP contribution in [-0.2, 0) is 4.79 Å². The first kappa shape index (κ1) is 14.3. The van der Waals surface area contributed by atoms with Crippen LogP contribution in [0.3, 0.4) is 0 Å². The first-order chi connectivity index (χ1) is 9.49. The Balaban J connectivity index is 2.08. The molecule has 1 N–H and O–H groups in total. The summed E-state index contributed by atoms with van der Waals surface area (Å²) in [6.07, 6.45) is 1.70. The predicted octanol–water partition coefficient (Wildman–Crippen LogP) is 2.32. The van der Waals surface area contributed by atoms with E-state index < -0.39 is 11.8 Å². The van der Waals surface area contributed by atoms with Crippen LogP contribution in [0.15, 0.2) is 24.3 Å². The van der Waals surface area contributed by atoms with Crippen LogP contribution in [0.1, 0.15) is 19.3 Å². The van der Waals surface area contributed by atoms with Crippen molar-refractivity contribution in [2.45, 2.75) is 25.3 Å². The van der Waals surface area contributed by atoms with Gasteiger partial charge >= 0.3 is 12.0 Å². The van der Waals surface area contributed by atoms with E-state index in [2.05, 4.69) is 0 Å². The first-order valence-electron chi connectivity index (χ1n) is 6.50. The largest absolute Gasteiger partial charge is 0.481 e. The Morgan fingerprint density at radius 2 is 2.10 bits per heavy atom. The highest BCUT2D eigenvalue weighted by Crippen LogP contribution is 2.29. The van der Waals surface area contributed by atoms with E-state index in [1.807, 2.05) is 0 Å². The molecule has 5 nitrogen and oxygen atoms in total. The van der Waals surface area contributed by atoms with E-state index >= 15 is 0 Å². The molecule has 1 fully saturated rings. The number of amides is 2. The van der Waals surface area contributed by atoms with Crippen LogP contribution < -0.4 is 4.90 Å². The van der Waals surface area contributed by atoms with E-state index in [0.29, 0.717) is 5.69 Å². The van der Waals surface area contributed by atoms with Crippen molar-refractivity contribution in [1.82, 2.24) is 4.90 Å². The molecule has 0 spiro atoms. The molecule has 0 saturated heterocycles. The molecule has 1 aromatic rings. The molecule has 0 radical (unpaired) electrons. The second-order valence-electron chi connectivity index (χ2n) is 4.89. The Labute approximate surface area is 116 Å². The minimum absolute atomic E-state index is 0.0841. The summed E-state index contributed by atoms with van der Waals surface area (Å²) in [7, 11) is 1.56. The lowest BCUT2D eigenvalue weighted by Gasteiger charge is -2.28. The summed E-state index contributed by atoms with van der Waals surface area (Å²) >= 11 is 0. The minimum atomic E-state index is -0.933. The number of hydrogen-bond acceptors (Lipinski definition) is 2. The number of anilines is 1. The van der Waals surface area contributed by atoms with Gasteiger partial charge in [0.1, 0.15) is 5.82 Å². The fourth-order valence-electron chi connectivity index (χ4n) is 2.02. The van der Waals surface area contributed by atoms with E-state index in [-0.39, 0.29) is 25.0 Å². The van der Waals surface area contributed by atoms with Crippen molar-refractivity contribution < 1.29 is 19.1 Å². The standard InChI is InChI=1S/C14H17FN2O3/c1-16(12-4-2-3-10(15)9-12)14(20)17(11-5-6-11)8-7-13(18)19/h2-4,9,11H,5-8H2,1H3,(H,18,19). The number of carbonyl (C=O) groups is 2. The van der Waals surface area contributed by atoms with Crippen LogP contribution in [0.5, 0.6) is 0 Å². The Hall–Kier alpha value is -2.11. The van der Waals surface area contributed by atoms with Gasteiger partial charge in [-0.3, -0.25) is 9.69 Å². The fraction of sp³-hybridized carbons (Fsp3) is 0.429. The topological polar surface area (TPSA) is 60.9 Å². The highest BCUT2D eigenvalue weighted by molar-refractivity contribution is 5.92. The Bertz CT molecular complexity index is 517. The number of carboxylic acids is 1. The molecule has 1 aliphatic carbocycles. The average Bonchev–Trinajstić information content (AvgIpc) is 3.22. The zero-order chi connectivity index (χ0) is 14.7. The van der Waals surface area contributed by atoms with Gasteiger partial charge in [-0.25, -0.2) is 9.18 Å². The van der Waals surface area contributed by atoms with Crippen LogP contribution in [0.2, 0.25) is 0 Å². The third kappa shape index (κ3) is 3.46.